The Labute approximate surface area is 89.3 Å². The lowest BCUT2D eigenvalue weighted by molar-refractivity contribution is 0.0174. The lowest BCUT2D eigenvalue weighted by Gasteiger charge is -2.19. The van der Waals surface area contributed by atoms with E-state index in [0.717, 1.165) is 12.5 Å². The molecule has 0 radical (unpaired) electrons. The second kappa shape index (κ2) is 3.89. The van der Waals surface area contributed by atoms with E-state index in [1.165, 1.54) is 12.1 Å². The summed E-state index contributed by atoms with van der Waals surface area (Å²) >= 11 is 0. The van der Waals surface area contributed by atoms with Crippen molar-refractivity contribution in [2.24, 2.45) is 5.73 Å². The SMILES string of the molecule is CC(C)(N)Cc1ccc(C(C)(F)F)cc1. The van der Waals surface area contributed by atoms with Crippen LogP contribution in [0.4, 0.5) is 8.78 Å². The van der Waals surface area contributed by atoms with Gasteiger partial charge in [0.15, 0.2) is 0 Å². The van der Waals surface area contributed by atoms with Crippen molar-refractivity contribution >= 4 is 0 Å². The Morgan fingerprint density at radius 3 is 1.87 bits per heavy atom. The minimum Gasteiger partial charge on any atom is -0.325 e. The molecule has 0 bridgehead atoms. The third-order valence-corrected chi connectivity index (χ3v) is 2.12. The minimum atomic E-state index is -2.77. The second-order valence-corrected chi connectivity index (χ2v) is 4.75. The van der Waals surface area contributed by atoms with Gasteiger partial charge in [0.1, 0.15) is 0 Å². The topological polar surface area (TPSA) is 26.0 Å². The van der Waals surface area contributed by atoms with Gasteiger partial charge in [-0.1, -0.05) is 24.3 Å². The van der Waals surface area contributed by atoms with Gasteiger partial charge < -0.3 is 5.73 Å². The summed E-state index contributed by atoms with van der Waals surface area (Å²) in [5.41, 5.74) is 6.56. The highest BCUT2D eigenvalue weighted by Crippen LogP contribution is 2.27. The van der Waals surface area contributed by atoms with Crippen LogP contribution in [0.25, 0.3) is 0 Å². The van der Waals surface area contributed by atoms with E-state index < -0.39 is 5.92 Å². The van der Waals surface area contributed by atoms with Crippen LogP contribution in [0.3, 0.4) is 0 Å². The van der Waals surface area contributed by atoms with Crippen LogP contribution in [0.2, 0.25) is 0 Å². The molecule has 0 spiro atoms. The lowest BCUT2D eigenvalue weighted by atomic mass is 9.95. The molecule has 0 atom stereocenters. The predicted octanol–water partition coefficient (Wildman–Crippen LogP) is 3.08. The maximum absolute atomic E-state index is 12.9. The molecule has 84 valence electrons. The number of rotatable bonds is 3. The molecule has 0 saturated heterocycles. The van der Waals surface area contributed by atoms with Crippen LogP contribution >= 0.6 is 0 Å². The molecule has 0 fully saturated rings. The van der Waals surface area contributed by atoms with E-state index in [1.807, 2.05) is 13.8 Å². The Morgan fingerprint density at radius 2 is 1.53 bits per heavy atom. The van der Waals surface area contributed by atoms with Crippen LogP contribution in [0.1, 0.15) is 31.9 Å². The summed E-state index contributed by atoms with van der Waals surface area (Å²) in [4.78, 5) is 0. The molecule has 0 aliphatic carbocycles. The van der Waals surface area contributed by atoms with Gasteiger partial charge in [0.2, 0.25) is 0 Å². The van der Waals surface area contributed by atoms with Gasteiger partial charge in [-0.3, -0.25) is 0 Å². The highest BCUT2D eigenvalue weighted by atomic mass is 19.3. The minimum absolute atomic E-state index is 0.0427. The lowest BCUT2D eigenvalue weighted by Crippen LogP contribution is -2.34. The largest absolute Gasteiger partial charge is 0.325 e. The predicted molar refractivity (Wildman–Crippen MR) is 58.0 cm³/mol. The first-order valence-corrected chi connectivity index (χ1v) is 4.95. The van der Waals surface area contributed by atoms with Crippen molar-refractivity contribution < 1.29 is 8.78 Å². The van der Waals surface area contributed by atoms with Crippen molar-refractivity contribution in [3.63, 3.8) is 0 Å². The first-order valence-electron chi connectivity index (χ1n) is 4.95. The Hall–Kier alpha value is -0.960. The van der Waals surface area contributed by atoms with E-state index in [1.54, 1.807) is 12.1 Å². The molecule has 3 heteroatoms. The first-order chi connectivity index (χ1) is 6.68. The number of halogens is 2. The van der Waals surface area contributed by atoms with Crippen molar-refractivity contribution in [3.05, 3.63) is 35.4 Å². The molecule has 0 saturated carbocycles. The van der Waals surface area contributed by atoms with Crippen LogP contribution in [0.15, 0.2) is 24.3 Å². The number of hydrogen-bond donors (Lipinski definition) is 1. The van der Waals surface area contributed by atoms with Crippen LogP contribution in [0.5, 0.6) is 0 Å². The summed E-state index contributed by atoms with van der Waals surface area (Å²) in [6.45, 7) is 4.72. The highest BCUT2D eigenvalue weighted by molar-refractivity contribution is 5.26. The van der Waals surface area contributed by atoms with Crippen LogP contribution in [-0.4, -0.2) is 5.54 Å². The maximum Gasteiger partial charge on any atom is 0.270 e. The third kappa shape index (κ3) is 3.96. The summed E-state index contributed by atoms with van der Waals surface area (Å²) in [7, 11) is 0. The van der Waals surface area contributed by atoms with Gasteiger partial charge in [0.05, 0.1) is 0 Å². The summed E-state index contributed by atoms with van der Waals surface area (Å²) in [6.07, 6.45) is 0.683. The van der Waals surface area contributed by atoms with E-state index in [-0.39, 0.29) is 11.1 Å². The molecular formula is C12H17F2N. The molecule has 1 nitrogen and oxygen atoms in total. The molecule has 1 aromatic rings. The molecule has 0 aromatic heterocycles. The third-order valence-electron chi connectivity index (χ3n) is 2.12. The fourth-order valence-electron chi connectivity index (χ4n) is 1.44. The Kier molecular flexibility index (Phi) is 3.14. The van der Waals surface area contributed by atoms with Gasteiger partial charge >= 0.3 is 0 Å². The van der Waals surface area contributed by atoms with Crippen molar-refractivity contribution in [2.75, 3.05) is 0 Å². The maximum atomic E-state index is 12.9. The zero-order chi connectivity index (χ0) is 11.7. The molecule has 0 aliphatic heterocycles. The van der Waals surface area contributed by atoms with Crippen LogP contribution in [0, 0.1) is 0 Å². The van der Waals surface area contributed by atoms with Crippen LogP contribution in [-0.2, 0) is 12.3 Å². The summed E-state index contributed by atoms with van der Waals surface area (Å²) in [6, 6.07) is 6.34. The molecule has 1 aromatic carbocycles. The highest BCUT2D eigenvalue weighted by Gasteiger charge is 2.23. The summed E-state index contributed by atoms with van der Waals surface area (Å²) in [5.74, 6) is -2.77. The summed E-state index contributed by atoms with van der Waals surface area (Å²) < 4.78 is 25.8. The van der Waals surface area contributed by atoms with E-state index in [0.29, 0.717) is 6.42 Å². The van der Waals surface area contributed by atoms with Crippen molar-refractivity contribution in [3.8, 4) is 0 Å². The zero-order valence-electron chi connectivity index (χ0n) is 9.35. The molecule has 15 heavy (non-hydrogen) atoms. The van der Waals surface area contributed by atoms with Gasteiger partial charge in [-0.2, -0.15) is 0 Å². The fraction of sp³-hybridized carbons (Fsp3) is 0.500. The quantitative estimate of drug-likeness (QED) is 0.820. The van der Waals surface area contributed by atoms with Crippen molar-refractivity contribution in [2.45, 2.75) is 38.7 Å². The average molecular weight is 213 g/mol. The number of nitrogens with two attached hydrogens (primary N) is 1. The van der Waals surface area contributed by atoms with Gasteiger partial charge in [-0.05, 0) is 25.8 Å². The molecule has 0 amide bonds. The van der Waals surface area contributed by atoms with E-state index >= 15 is 0 Å². The molecule has 1 rings (SSSR count). The molecular weight excluding hydrogens is 196 g/mol. The normalized spacial score (nSPS) is 12.9. The smallest absolute Gasteiger partial charge is 0.270 e. The Morgan fingerprint density at radius 1 is 1.07 bits per heavy atom. The molecule has 0 aliphatic rings. The monoisotopic (exact) mass is 213 g/mol. The van der Waals surface area contributed by atoms with Gasteiger partial charge in [-0.25, -0.2) is 8.78 Å². The van der Waals surface area contributed by atoms with Gasteiger partial charge in [-0.15, -0.1) is 0 Å². The number of hydrogen-bond acceptors (Lipinski definition) is 1. The van der Waals surface area contributed by atoms with E-state index in [4.69, 9.17) is 5.73 Å². The fourth-order valence-corrected chi connectivity index (χ4v) is 1.44. The summed E-state index contributed by atoms with van der Waals surface area (Å²) in [5, 5.41) is 0. The van der Waals surface area contributed by atoms with Crippen molar-refractivity contribution in [1.82, 2.24) is 0 Å². The molecule has 0 heterocycles. The number of benzene rings is 1. The Bertz CT molecular complexity index is 317. The van der Waals surface area contributed by atoms with Crippen LogP contribution < -0.4 is 5.73 Å². The van der Waals surface area contributed by atoms with Crippen molar-refractivity contribution in [1.29, 1.82) is 0 Å². The standard InChI is InChI=1S/C12H17F2N/c1-11(2,15)8-9-4-6-10(7-5-9)12(3,13)14/h4-7H,8,15H2,1-3H3. The molecule has 0 unspecified atom stereocenters. The average Bonchev–Trinajstić information content (AvgIpc) is 2.00. The van der Waals surface area contributed by atoms with E-state index in [2.05, 4.69) is 0 Å². The second-order valence-electron chi connectivity index (χ2n) is 4.75. The van der Waals surface area contributed by atoms with Gasteiger partial charge in [0, 0.05) is 18.0 Å². The number of alkyl halides is 2. The van der Waals surface area contributed by atoms with Gasteiger partial charge in [0.25, 0.3) is 5.92 Å². The Balaban J connectivity index is 2.82. The van der Waals surface area contributed by atoms with E-state index in [9.17, 15) is 8.78 Å². The first kappa shape index (κ1) is 12.1. The zero-order valence-corrected chi connectivity index (χ0v) is 9.35. The molecule has 2 N–H and O–H groups in total.